The quantitative estimate of drug-likeness (QED) is 0.330. The maximum absolute atomic E-state index is 14.0. The molecule has 0 unspecified atom stereocenters. The predicted molar refractivity (Wildman–Crippen MR) is 136 cm³/mol. The van der Waals surface area contributed by atoms with Gasteiger partial charge in [0.15, 0.2) is 5.60 Å². The molecule has 0 spiro atoms. The van der Waals surface area contributed by atoms with Crippen LogP contribution in [-0.4, -0.2) is 16.9 Å². The molecule has 4 aromatic carbocycles. The number of carbonyl (C=O) groups excluding carboxylic acids is 2. The van der Waals surface area contributed by atoms with E-state index in [2.05, 4.69) is 0 Å². The molecule has 1 heterocycles. The van der Waals surface area contributed by atoms with Crippen LogP contribution in [0.2, 0.25) is 0 Å². The van der Waals surface area contributed by atoms with Crippen LogP contribution in [0.3, 0.4) is 0 Å². The van der Waals surface area contributed by atoms with Gasteiger partial charge in [0.1, 0.15) is 6.04 Å². The van der Waals surface area contributed by atoms with Crippen molar-refractivity contribution in [1.29, 1.82) is 0 Å². The number of hydrogen-bond donors (Lipinski definition) is 0. The number of aryl methyl sites for hydroxylation is 1. The highest BCUT2D eigenvalue weighted by molar-refractivity contribution is 5.98. The number of ether oxygens (including phenoxy) is 1. The van der Waals surface area contributed by atoms with E-state index in [1.165, 1.54) is 4.90 Å². The monoisotopic (exact) mass is 461 g/mol. The van der Waals surface area contributed by atoms with E-state index >= 15 is 0 Å². The number of cyclic esters (lactones) is 1. The van der Waals surface area contributed by atoms with Crippen LogP contribution >= 0.6 is 0 Å². The molecule has 1 aliphatic rings. The van der Waals surface area contributed by atoms with Crippen LogP contribution in [0.5, 0.6) is 0 Å². The van der Waals surface area contributed by atoms with E-state index in [1.807, 2.05) is 129 Å². The van der Waals surface area contributed by atoms with Crippen molar-refractivity contribution in [3.8, 4) is 0 Å². The molecule has 0 saturated carbocycles. The van der Waals surface area contributed by atoms with Gasteiger partial charge in [-0.1, -0.05) is 121 Å². The summed E-state index contributed by atoms with van der Waals surface area (Å²) in [6.07, 6.45) is -0.643. The Labute approximate surface area is 205 Å². The van der Waals surface area contributed by atoms with Crippen LogP contribution in [0, 0.1) is 6.92 Å². The van der Waals surface area contributed by atoms with Gasteiger partial charge < -0.3 is 4.74 Å². The Balaban J connectivity index is 1.71. The minimum absolute atomic E-state index is 0.290. The van der Waals surface area contributed by atoms with Crippen LogP contribution in [0.4, 0.5) is 4.79 Å². The second-order valence-electron chi connectivity index (χ2n) is 8.99. The Morgan fingerprint density at radius 1 is 0.771 bits per heavy atom. The molecule has 0 radical (unpaired) electrons. The minimum atomic E-state index is -1.19. The second kappa shape index (κ2) is 9.22. The fourth-order valence-electron chi connectivity index (χ4n) is 4.94. The summed E-state index contributed by atoms with van der Waals surface area (Å²) in [5.41, 5.74) is 3.23. The van der Waals surface area contributed by atoms with E-state index in [9.17, 15) is 9.59 Å². The van der Waals surface area contributed by atoms with Gasteiger partial charge >= 0.3 is 6.09 Å². The van der Waals surface area contributed by atoms with Crippen LogP contribution in [0.25, 0.3) is 0 Å². The smallest absolute Gasteiger partial charge is 0.418 e. The van der Waals surface area contributed by atoms with Crippen molar-refractivity contribution in [2.75, 3.05) is 0 Å². The van der Waals surface area contributed by atoms with Crippen molar-refractivity contribution >= 4 is 12.0 Å². The van der Waals surface area contributed by atoms with Crippen molar-refractivity contribution in [2.45, 2.75) is 31.4 Å². The van der Waals surface area contributed by atoms with Crippen molar-refractivity contribution in [2.24, 2.45) is 0 Å². The molecule has 174 valence electrons. The van der Waals surface area contributed by atoms with Crippen molar-refractivity contribution in [3.05, 3.63) is 143 Å². The molecule has 0 aliphatic carbocycles. The highest BCUT2D eigenvalue weighted by Gasteiger charge is 2.59. The standard InChI is InChI=1S/C31H27NO3/c1-22-18-20-24(21-19-22)23(2)29(33)32-28(25-12-6-3-7-13-25)31(35-30(32)34,26-14-8-4-9-15-26)27-16-10-5-11-17-27/h3-21,23,28H,1-2H3/t23-,28-/m1/s1. The van der Waals surface area contributed by atoms with Crippen LogP contribution in [0.15, 0.2) is 115 Å². The highest BCUT2D eigenvalue weighted by Crippen LogP contribution is 2.53. The molecule has 5 rings (SSSR count). The van der Waals surface area contributed by atoms with E-state index in [4.69, 9.17) is 4.74 Å². The average Bonchev–Trinajstić information content (AvgIpc) is 3.23. The predicted octanol–water partition coefficient (Wildman–Crippen LogP) is 6.76. The second-order valence-corrected chi connectivity index (χ2v) is 8.99. The zero-order chi connectivity index (χ0) is 24.4. The number of rotatable bonds is 5. The fourth-order valence-corrected chi connectivity index (χ4v) is 4.94. The number of carbonyl (C=O) groups is 2. The first-order valence-corrected chi connectivity index (χ1v) is 11.8. The molecular weight excluding hydrogens is 434 g/mol. The number of imide groups is 1. The molecule has 1 saturated heterocycles. The Bertz CT molecular complexity index is 1280. The average molecular weight is 462 g/mol. The summed E-state index contributed by atoms with van der Waals surface area (Å²) in [5, 5.41) is 0. The third-order valence-electron chi connectivity index (χ3n) is 6.79. The number of hydrogen-bond acceptors (Lipinski definition) is 3. The lowest BCUT2D eigenvalue weighted by atomic mass is 9.77. The number of nitrogens with zero attached hydrogens (tertiary/aromatic N) is 1. The Morgan fingerprint density at radius 3 is 1.77 bits per heavy atom. The lowest BCUT2D eigenvalue weighted by Crippen LogP contribution is -2.41. The van der Waals surface area contributed by atoms with Gasteiger partial charge in [-0.2, -0.15) is 0 Å². The molecule has 2 amide bonds. The lowest BCUT2D eigenvalue weighted by molar-refractivity contribution is -0.131. The minimum Gasteiger partial charge on any atom is -0.430 e. The first-order valence-electron chi connectivity index (χ1n) is 11.8. The van der Waals surface area contributed by atoms with E-state index in [0.29, 0.717) is 0 Å². The van der Waals surface area contributed by atoms with Crippen LogP contribution < -0.4 is 0 Å². The molecule has 0 aromatic heterocycles. The zero-order valence-corrected chi connectivity index (χ0v) is 19.8. The van der Waals surface area contributed by atoms with Crippen molar-refractivity contribution < 1.29 is 14.3 Å². The highest BCUT2D eigenvalue weighted by atomic mass is 16.6. The maximum Gasteiger partial charge on any atom is 0.418 e. The third-order valence-corrected chi connectivity index (χ3v) is 6.79. The van der Waals surface area contributed by atoms with Gasteiger partial charge in [0, 0.05) is 11.1 Å². The molecule has 1 aliphatic heterocycles. The van der Waals surface area contributed by atoms with Gasteiger partial charge in [0.05, 0.1) is 5.92 Å². The molecule has 4 aromatic rings. The summed E-state index contributed by atoms with van der Waals surface area (Å²) in [7, 11) is 0. The van der Waals surface area contributed by atoms with E-state index in [-0.39, 0.29) is 5.91 Å². The maximum atomic E-state index is 14.0. The molecule has 1 fully saturated rings. The van der Waals surface area contributed by atoms with Gasteiger partial charge in [-0.3, -0.25) is 4.79 Å². The third kappa shape index (κ3) is 3.91. The number of benzene rings is 4. The molecule has 0 N–H and O–H groups in total. The summed E-state index contributed by atoms with van der Waals surface area (Å²) in [4.78, 5) is 29.0. The van der Waals surface area contributed by atoms with Gasteiger partial charge in [-0.05, 0) is 25.0 Å². The van der Waals surface area contributed by atoms with E-state index in [0.717, 1.165) is 27.8 Å². The molecule has 35 heavy (non-hydrogen) atoms. The van der Waals surface area contributed by atoms with Gasteiger partial charge in [-0.15, -0.1) is 0 Å². The molecule has 2 atom stereocenters. The largest absolute Gasteiger partial charge is 0.430 e. The Kier molecular flexibility index (Phi) is 5.96. The SMILES string of the molecule is Cc1ccc([C@@H](C)C(=O)N2C(=O)OC(c3ccccc3)(c3ccccc3)[C@H]2c2ccccc2)cc1. The first-order chi connectivity index (χ1) is 17.0. The Hall–Kier alpha value is -4.18. The van der Waals surface area contributed by atoms with Crippen LogP contribution in [0.1, 0.15) is 46.7 Å². The normalized spacial score (nSPS) is 17.6. The van der Waals surface area contributed by atoms with Crippen molar-refractivity contribution in [1.82, 2.24) is 4.90 Å². The van der Waals surface area contributed by atoms with E-state index in [1.54, 1.807) is 0 Å². The summed E-state index contributed by atoms with van der Waals surface area (Å²) in [6.45, 7) is 3.85. The molecule has 0 bridgehead atoms. The van der Waals surface area contributed by atoms with Gasteiger partial charge in [-0.25, -0.2) is 9.69 Å². The van der Waals surface area contributed by atoms with E-state index < -0.39 is 23.7 Å². The van der Waals surface area contributed by atoms with Gasteiger partial charge in [0.2, 0.25) is 5.91 Å². The first kappa shape index (κ1) is 22.6. The fraction of sp³-hybridized carbons (Fsp3) is 0.161. The summed E-state index contributed by atoms with van der Waals surface area (Å²) >= 11 is 0. The summed E-state index contributed by atoms with van der Waals surface area (Å²) in [6, 6.07) is 36.2. The lowest BCUT2D eigenvalue weighted by Gasteiger charge is -2.36. The molecule has 4 heteroatoms. The summed E-state index contributed by atoms with van der Waals surface area (Å²) < 4.78 is 6.29. The topological polar surface area (TPSA) is 46.6 Å². The Morgan fingerprint density at radius 2 is 1.26 bits per heavy atom. The van der Waals surface area contributed by atoms with Crippen molar-refractivity contribution in [3.63, 3.8) is 0 Å². The zero-order valence-electron chi connectivity index (χ0n) is 19.8. The van der Waals surface area contributed by atoms with Crippen LogP contribution in [-0.2, 0) is 15.1 Å². The molecule has 4 nitrogen and oxygen atoms in total. The number of amides is 2. The van der Waals surface area contributed by atoms with Gasteiger partial charge in [0.25, 0.3) is 0 Å². The summed E-state index contributed by atoms with van der Waals surface area (Å²) in [5.74, 6) is -0.807. The molecular formula is C31H27NO3.